The first-order chi connectivity index (χ1) is 8.69. The van der Waals surface area contributed by atoms with Crippen LogP contribution in [-0.2, 0) is 4.74 Å². The van der Waals surface area contributed by atoms with Gasteiger partial charge in [-0.25, -0.2) is 4.79 Å². The fourth-order valence-corrected chi connectivity index (χ4v) is 3.31. The molecule has 5 nitrogen and oxygen atoms in total. The Labute approximate surface area is 111 Å². The van der Waals surface area contributed by atoms with Crippen LogP contribution in [0.15, 0.2) is 0 Å². The second kappa shape index (κ2) is 5.56. The maximum Gasteiger partial charge on any atom is 0.345 e. The Balaban J connectivity index is 2.30. The van der Waals surface area contributed by atoms with Crippen molar-refractivity contribution in [2.75, 3.05) is 23.8 Å². The Morgan fingerprint density at radius 1 is 1.61 bits per heavy atom. The summed E-state index contributed by atoms with van der Waals surface area (Å²) in [6.07, 6.45) is 3.38. The van der Waals surface area contributed by atoms with Crippen molar-refractivity contribution in [3.05, 3.63) is 5.56 Å². The zero-order valence-corrected chi connectivity index (χ0v) is 11.6. The third-order valence-electron chi connectivity index (χ3n) is 3.29. The summed E-state index contributed by atoms with van der Waals surface area (Å²) in [4.78, 5) is 14.2. The highest BCUT2D eigenvalue weighted by Gasteiger charge is 2.30. The van der Waals surface area contributed by atoms with Gasteiger partial charge in [0.25, 0.3) is 0 Å². The molecule has 6 heteroatoms. The van der Waals surface area contributed by atoms with Gasteiger partial charge >= 0.3 is 5.97 Å². The van der Waals surface area contributed by atoms with E-state index >= 15 is 0 Å². The van der Waals surface area contributed by atoms with Gasteiger partial charge in [-0.15, -0.1) is 0 Å². The molecule has 0 radical (unpaired) electrons. The van der Waals surface area contributed by atoms with E-state index in [4.69, 9.17) is 10.5 Å². The van der Waals surface area contributed by atoms with Gasteiger partial charge in [-0.2, -0.15) is 4.37 Å². The van der Waals surface area contributed by atoms with Crippen molar-refractivity contribution >= 4 is 28.3 Å². The molecule has 2 heterocycles. The van der Waals surface area contributed by atoms with E-state index in [2.05, 4.69) is 16.2 Å². The van der Waals surface area contributed by atoms with E-state index in [1.807, 2.05) is 0 Å². The number of nitrogen functional groups attached to an aromatic ring is 1. The maximum atomic E-state index is 11.9. The van der Waals surface area contributed by atoms with Crippen LogP contribution < -0.4 is 10.6 Å². The summed E-state index contributed by atoms with van der Waals surface area (Å²) < 4.78 is 9.17. The number of anilines is 2. The van der Waals surface area contributed by atoms with Crippen LogP contribution in [0.5, 0.6) is 0 Å². The molecule has 0 amide bonds. The third kappa shape index (κ3) is 2.29. The predicted molar refractivity (Wildman–Crippen MR) is 73.1 cm³/mol. The summed E-state index contributed by atoms with van der Waals surface area (Å²) in [5.41, 5.74) is 6.25. The first kappa shape index (κ1) is 13.1. The number of esters is 1. The SMILES string of the molecule is CCOC(=O)c1c(N)nsc1N1CCCC1CC. The van der Waals surface area contributed by atoms with E-state index in [1.165, 1.54) is 11.5 Å². The second-order valence-electron chi connectivity index (χ2n) is 4.37. The number of hydrogen-bond donors (Lipinski definition) is 1. The summed E-state index contributed by atoms with van der Waals surface area (Å²) in [5.74, 6) is -0.0734. The first-order valence-corrected chi connectivity index (χ1v) is 7.15. The zero-order valence-electron chi connectivity index (χ0n) is 10.8. The molecule has 1 aliphatic rings. The van der Waals surface area contributed by atoms with Crippen molar-refractivity contribution in [2.24, 2.45) is 0 Å². The lowest BCUT2D eigenvalue weighted by Gasteiger charge is -2.24. The number of carbonyl (C=O) groups excluding carboxylic acids is 1. The van der Waals surface area contributed by atoms with Gasteiger partial charge < -0.3 is 15.4 Å². The monoisotopic (exact) mass is 269 g/mol. The molecule has 0 bridgehead atoms. The van der Waals surface area contributed by atoms with Crippen molar-refractivity contribution in [2.45, 2.75) is 39.2 Å². The Morgan fingerprint density at radius 3 is 3.06 bits per heavy atom. The normalized spacial score (nSPS) is 19.2. The fourth-order valence-electron chi connectivity index (χ4n) is 2.41. The van der Waals surface area contributed by atoms with Gasteiger partial charge in [0.2, 0.25) is 0 Å². The highest BCUT2D eigenvalue weighted by Crippen LogP contribution is 2.36. The topological polar surface area (TPSA) is 68.5 Å². The summed E-state index contributed by atoms with van der Waals surface area (Å²) in [5, 5.41) is 0.871. The maximum absolute atomic E-state index is 11.9. The van der Waals surface area contributed by atoms with Crippen LogP contribution in [0.25, 0.3) is 0 Å². The van der Waals surface area contributed by atoms with Gasteiger partial charge in [-0.1, -0.05) is 6.92 Å². The number of nitrogens with two attached hydrogens (primary N) is 1. The van der Waals surface area contributed by atoms with Crippen LogP contribution in [-0.4, -0.2) is 29.5 Å². The number of carbonyl (C=O) groups is 1. The molecular formula is C12H19N3O2S. The number of aromatic nitrogens is 1. The van der Waals surface area contributed by atoms with Gasteiger partial charge in [0.05, 0.1) is 6.61 Å². The number of ether oxygens (including phenoxy) is 1. The molecule has 2 N–H and O–H groups in total. The molecule has 0 spiro atoms. The van der Waals surface area contributed by atoms with Crippen LogP contribution >= 0.6 is 11.5 Å². The van der Waals surface area contributed by atoms with E-state index in [0.717, 1.165) is 30.8 Å². The Morgan fingerprint density at radius 2 is 2.39 bits per heavy atom. The minimum absolute atomic E-state index is 0.287. The molecule has 1 saturated heterocycles. The second-order valence-corrected chi connectivity index (χ2v) is 5.12. The smallest absolute Gasteiger partial charge is 0.345 e. The van der Waals surface area contributed by atoms with E-state index in [-0.39, 0.29) is 11.8 Å². The van der Waals surface area contributed by atoms with Gasteiger partial charge in [0.15, 0.2) is 5.82 Å². The van der Waals surface area contributed by atoms with E-state index in [1.54, 1.807) is 6.92 Å². The van der Waals surface area contributed by atoms with Gasteiger partial charge in [0, 0.05) is 12.6 Å². The average molecular weight is 269 g/mol. The fraction of sp³-hybridized carbons (Fsp3) is 0.667. The minimum atomic E-state index is -0.361. The lowest BCUT2D eigenvalue weighted by atomic mass is 10.1. The Bertz CT molecular complexity index is 433. The van der Waals surface area contributed by atoms with Crippen LogP contribution in [0.3, 0.4) is 0 Å². The van der Waals surface area contributed by atoms with Crippen LogP contribution in [0, 0.1) is 0 Å². The van der Waals surface area contributed by atoms with Crippen LogP contribution in [0.2, 0.25) is 0 Å². The molecule has 18 heavy (non-hydrogen) atoms. The van der Waals surface area contributed by atoms with Gasteiger partial charge in [0.1, 0.15) is 10.6 Å². The Kier molecular flexibility index (Phi) is 4.06. The Hall–Kier alpha value is -1.30. The van der Waals surface area contributed by atoms with Crippen LogP contribution in [0.4, 0.5) is 10.8 Å². The molecule has 100 valence electrons. The predicted octanol–water partition coefficient (Wildman–Crippen LogP) is 2.28. The molecular weight excluding hydrogens is 250 g/mol. The molecule has 1 fully saturated rings. The van der Waals surface area contributed by atoms with Crippen molar-refractivity contribution in [3.63, 3.8) is 0 Å². The van der Waals surface area contributed by atoms with Crippen LogP contribution in [0.1, 0.15) is 43.5 Å². The third-order valence-corrected chi connectivity index (χ3v) is 4.19. The summed E-state index contributed by atoms with van der Waals surface area (Å²) >= 11 is 1.30. The lowest BCUT2D eigenvalue weighted by molar-refractivity contribution is 0.0528. The summed E-state index contributed by atoms with van der Waals surface area (Å²) in [6, 6.07) is 0.484. The van der Waals surface area contributed by atoms with Crippen molar-refractivity contribution in [1.82, 2.24) is 4.37 Å². The van der Waals surface area contributed by atoms with E-state index in [0.29, 0.717) is 18.2 Å². The van der Waals surface area contributed by atoms with Gasteiger partial charge in [-0.3, -0.25) is 0 Å². The average Bonchev–Trinajstić information content (AvgIpc) is 2.94. The molecule has 1 aliphatic heterocycles. The molecule has 1 aromatic rings. The van der Waals surface area contributed by atoms with E-state index < -0.39 is 0 Å². The molecule has 1 aromatic heterocycles. The molecule has 0 aliphatic carbocycles. The largest absolute Gasteiger partial charge is 0.462 e. The standard InChI is InChI=1S/C12H19N3O2S/c1-3-8-6-5-7-15(8)11-9(10(13)14-18-11)12(16)17-4-2/h8H,3-7H2,1-2H3,(H2,13,14). The van der Waals surface area contributed by atoms with Crippen molar-refractivity contribution < 1.29 is 9.53 Å². The zero-order chi connectivity index (χ0) is 13.1. The molecule has 1 atom stereocenters. The lowest BCUT2D eigenvalue weighted by Crippen LogP contribution is -2.29. The number of nitrogens with zero attached hydrogens (tertiary/aromatic N) is 2. The quantitative estimate of drug-likeness (QED) is 0.849. The molecule has 0 aromatic carbocycles. The first-order valence-electron chi connectivity index (χ1n) is 6.37. The number of hydrogen-bond acceptors (Lipinski definition) is 6. The summed E-state index contributed by atoms with van der Waals surface area (Å²) in [7, 11) is 0. The van der Waals surface area contributed by atoms with E-state index in [9.17, 15) is 4.79 Å². The van der Waals surface area contributed by atoms with Gasteiger partial charge in [-0.05, 0) is 37.7 Å². The summed E-state index contributed by atoms with van der Waals surface area (Å²) in [6.45, 7) is 5.27. The number of rotatable bonds is 4. The molecule has 1 unspecified atom stereocenters. The van der Waals surface area contributed by atoms with Crippen molar-refractivity contribution in [1.29, 1.82) is 0 Å². The molecule has 2 rings (SSSR count). The highest BCUT2D eigenvalue weighted by molar-refractivity contribution is 7.11. The van der Waals surface area contributed by atoms with Crippen molar-refractivity contribution in [3.8, 4) is 0 Å². The minimum Gasteiger partial charge on any atom is -0.462 e. The molecule has 0 saturated carbocycles. The highest BCUT2D eigenvalue weighted by atomic mass is 32.1.